The Morgan fingerprint density at radius 2 is 1.81 bits per heavy atom. The topological polar surface area (TPSA) is 133 Å². The molecule has 4 aromatic rings. The van der Waals surface area contributed by atoms with E-state index in [1.165, 1.54) is 19.0 Å². The molecule has 47 heavy (non-hydrogen) atoms. The van der Waals surface area contributed by atoms with E-state index in [1.54, 1.807) is 10.9 Å². The van der Waals surface area contributed by atoms with Gasteiger partial charge in [0.1, 0.15) is 11.2 Å². The van der Waals surface area contributed by atoms with Crippen molar-refractivity contribution in [1.82, 2.24) is 55.4 Å². The van der Waals surface area contributed by atoms with Crippen LogP contribution in [0.1, 0.15) is 60.0 Å². The lowest BCUT2D eigenvalue weighted by molar-refractivity contribution is -0.182. The van der Waals surface area contributed by atoms with Gasteiger partial charge in [0.25, 0.3) is 5.91 Å². The maximum Gasteiger partial charge on any atom is 0.401 e. The van der Waals surface area contributed by atoms with E-state index < -0.39 is 17.5 Å². The number of nitrogens with one attached hydrogen (secondary N) is 3. The number of rotatable bonds is 9. The Morgan fingerprint density at radius 3 is 2.49 bits per heavy atom. The van der Waals surface area contributed by atoms with Crippen LogP contribution in [-0.2, 0) is 18.5 Å². The summed E-state index contributed by atoms with van der Waals surface area (Å²) in [4.78, 5) is 31.2. The Morgan fingerprint density at radius 1 is 1.04 bits per heavy atom. The predicted octanol–water partition coefficient (Wildman–Crippen LogP) is 3.40. The molecule has 5 heterocycles. The molecule has 1 amide bonds. The van der Waals surface area contributed by atoms with Crippen molar-refractivity contribution in [3.05, 3.63) is 71.5 Å². The number of halogens is 3. The molecule has 3 N–H and O–H groups in total. The third-order valence-corrected chi connectivity index (χ3v) is 9.12. The van der Waals surface area contributed by atoms with Crippen molar-refractivity contribution in [3.8, 4) is 16.9 Å². The van der Waals surface area contributed by atoms with E-state index in [0.29, 0.717) is 11.6 Å². The molecule has 2 saturated heterocycles. The first-order valence-corrected chi connectivity index (χ1v) is 15.9. The first-order valence-electron chi connectivity index (χ1n) is 15.9. The zero-order valence-electron chi connectivity index (χ0n) is 26.8. The van der Waals surface area contributed by atoms with Gasteiger partial charge in [-0.3, -0.25) is 29.7 Å². The molecule has 2 aliphatic rings. The second kappa shape index (κ2) is 13.5. The molecule has 0 saturated carbocycles. The number of piperazine rings is 1. The second-order valence-corrected chi connectivity index (χ2v) is 12.8. The molecular formula is C32H40F3N11O. The molecule has 250 valence electrons. The predicted molar refractivity (Wildman–Crippen MR) is 169 cm³/mol. The quantitative estimate of drug-likeness (QED) is 0.249. The molecule has 0 bridgehead atoms. The fourth-order valence-corrected chi connectivity index (χ4v) is 5.99. The molecule has 12 nitrogen and oxygen atoms in total. The monoisotopic (exact) mass is 651 g/mol. The summed E-state index contributed by atoms with van der Waals surface area (Å²) in [5.41, 5.74) is 2.44. The van der Waals surface area contributed by atoms with Crippen molar-refractivity contribution in [2.75, 3.05) is 39.3 Å². The van der Waals surface area contributed by atoms with Crippen LogP contribution >= 0.6 is 0 Å². The van der Waals surface area contributed by atoms with Gasteiger partial charge >= 0.3 is 6.18 Å². The molecule has 2 aliphatic heterocycles. The minimum Gasteiger partial charge on any atom is -0.345 e. The standard InChI is InChI=1S/C32H40F3N11O/c1-21-14-22(26-17-37-24(16-38-26)20-44-10-6-25(7-11-44)45-12-8-36-9-13-45)4-5-27(21)46-19-23(15-40-46)29(47)39-18-28-41-30(43-42-28)31(2,3)32(33,34)35/h4-5,14-17,19,25,36H,6-13,18,20H2,1-3H3,(H,39,47)(H,41,42,43). The number of aryl methyl sites for hydroxylation is 1. The first kappa shape index (κ1) is 32.7. The van der Waals surface area contributed by atoms with Crippen LogP contribution in [0.3, 0.4) is 0 Å². The summed E-state index contributed by atoms with van der Waals surface area (Å²) in [6.45, 7) is 11.2. The zero-order valence-corrected chi connectivity index (χ0v) is 26.8. The van der Waals surface area contributed by atoms with E-state index in [9.17, 15) is 18.0 Å². The van der Waals surface area contributed by atoms with Crippen LogP contribution in [0.5, 0.6) is 0 Å². The number of nitrogens with zero attached hydrogens (tertiary/aromatic N) is 8. The van der Waals surface area contributed by atoms with E-state index in [0.717, 1.165) is 87.9 Å². The SMILES string of the molecule is Cc1cc(-c2cnc(CN3CCC(N4CCNCC4)CC3)cn2)ccc1-n1cc(C(=O)NCc2nc(C(C)(C)C(F)(F)F)n[nH]2)cn1. The normalized spacial score (nSPS) is 17.2. The van der Waals surface area contributed by atoms with Crippen molar-refractivity contribution in [3.63, 3.8) is 0 Å². The number of hydrogen-bond donors (Lipinski definition) is 3. The molecule has 6 rings (SSSR count). The lowest BCUT2D eigenvalue weighted by atomic mass is 9.92. The van der Waals surface area contributed by atoms with Gasteiger partial charge in [-0.05, 0) is 51.3 Å². The lowest BCUT2D eigenvalue weighted by Gasteiger charge is -2.40. The van der Waals surface area contributed by atoms with Gasteiger partial charge in [0.15, 0.2) is 5.82 Å². The number of likely N-dealkylation sites (tertiary alicyclic amines) is 1. The highest BCUT2D eigenvalue weighted by atomic mass is 19.4. The fraction of sp³-hybridized carbons (Fsp3) is 0.500. The number of aromatic nitrogens is 7. The van der Waals surface area contributed by atoms with Crippen molar-refractivity contribution < 1.29 is 18.0 Å². The highest BCUT2D eigenvalue weighted by Crippen LogP contribution is 2.38. The Labute approximate surface area is 271 Å². The molecule has 3 aromatic heterocycles. The van der Waals surface area contributed by atoms with Crippen molar-refractivity contribution in [1.29, 1.82) is 0 Å². The van der Waals surface area contributed by atoms with E-state index in [4.69, 9.17) is 9.97 Å². The number of alkyl halides is 3. The molecule has 0 spiro atoms. The number of benzene rings is 1. The average Bonchev–Trinajstić information content (AvgIpc) is 3.75. The summed E-state index contributed by atoms with van der Waals surface area (Å²) in [6.07, 6.45) is 4.56. The van der Waals surface area contributed by atoms with Gasteiger partial charge in [0.2, 0.25) is 0 Å². The number of carbonyl (C=O) groups is 1. The Kier molecular flexibility index (Phi) is 9.39. The van der Waals surface area contributed by atoms with E-state index in [1.807, 2.05) is 37.5 Å². The summed E-state index contributed by atoms with van der Waals surface area (Å²) in [7, 11) is 0. The molecule has 1 aromatic carbocycles. The molecule has 15 heteroatoms. The van der Waals surface area contributed by atoms with Crippen LogP contribution in [-0.4, -0.2) is 102 Å². The Balaban J connectivity index is 1.02. The van der Waals surface area contributed by atoms with Gasteiger partial charge in [-0.2, -0.15) is 23.4 Å². The molecule has 0 aliphatic carbocycles. The highest BCUT2D eigenvalue weighted by Gasteiger charge is 2.51. The second-order valence-electron chi connectivity index (χ2n) is 12.8. The Bertz CT molecular complexity index is 1670. The number of amides is 1. The van der Waals surface area contributed by atoms with Gasteiger partial charge in [0.05, 0.1) is 47.8 Å². The fourth-order valence-electron chi connectivity index (χ4n) is 5.99. The third-order valence-electron chi connectivity index (χ3n) is 9.12. The smallest absolute Gasteiger partial charge is 0.345 e. The van der Waals surface area contributed by atoms with E-state index in [-0.39, 0.29) is 18.2 Å². The van der Waals surface area contributed by atoms with Gasteiger partial charge in [-0.15, -0.1) is 0 Å². The van der Waals surface area contributed by atoms with Crippen LogP contribution in [0.2, 0.25) is 0 Å². The van der Waals surface area contributed by atoms with Gasteiger partial charge < -0.3 is 10.6 Å². The van der Waals surface area contributed by atoms with Crippen LogP contribution in [0.25, 0.3) is 16.9 Å². The van der Waals surface area contributed by atoms with Crippen LogP contribution < -0.4 is 10.6 Å². The Hall–Kier alpha value is -4.21. The van der Waals surface area contributed by atoms with Crippen molar-refractivity contribution in [2.24, 2.45) is 0 Å². The van der Waals surface area contributed by atoms with Crippen molar-refractivity contribution in [2.45, 2.75) is 64.3 Å². The van der Waals surface area contributed by atoms with Crippen LogP contribution in [0, 0.1) is 6.92 Å². The maximum absolute atomic E-state index is 13.3. The summed E-state index contributed by atoms with van der Waals surface area (Å²) in [6, 6.07) is 6.54. The van der Waals surface area contributed by atoms with Gasteiger partial charge in [-0.1, -0.05) is 6.07 Å². The van der Waals surface area contributed by atoms with Gasteiger partial charge in [0, 0.05) is 63.6 Å². The molecular weight excluding hydrogens is 611 g/mol. The summed E-state index contributed by atoms with van der Waals surface area (Å²) >= 11 is 0. The van der Waals surface area contributed by atoms with E-state index in [2.05, 4.69) is 40.7 Å². The number of carbonyl (C=O) groups excluding carboxylic acids is 1. The third kappa shape index (κ3) is 7.36. The molecule has 0 radical (unpaired) electrons. The van der Waals surface area contributed by atoms with Crippen molar-refractivity contribution >= 4 is 5.91 Å². The number of aromatic amines is 1. The minimum atomic E-state index is -4.51. The first-order chi connectivity index (χ1) is 22.5. The number of H-pyrrole nitrogens is 1. The number of piperidine rings is 1. The average molecular weight is 652 g/mol. The largest absolute Gasteiger partial charge is 0.401 e. The zero-order chi connectivity index (χ0) is 33.2. The minimum absolute atomic E-state index is 0.117. The summed E-state index contributed by atoms with van der Waals surface area (Å²) < 4.78 is 41.5. The number of hydrogen-bond acceptors (Lipinski definition) is 9. The summed E-state index contributed by atoms with van der Waals surface area (Å²) in [5.74, 6) is -0.718. The maximum atomic E-state index is 13.3. The summed E-state index contributed by atoms with van der Waals surface area (Å²) in [5, 5.41) is 16.6. The molecule has 2 fully saturated rings. The van der Waals surface area contributed by atoms with Crippen LogP contribution in [0.4, 0.5) is 13.2 Å². The highest BCUT2D eigenvalue weighted by molar-refractivity contribution is 5.93. The van der Waals surface area contributed by atoms with Crippen LogP contribution in [0.15, 0.2) is 43.0 Å². The molecule has 0 unspecified atom stereocenters. The lowest BCUT2D eigenvalue weighted by Crippen LogP contribution is -2.51. The van der Waals surface area contributed by atoms with E-state index >= 15 is 0 Å². The molecule has 0 atom stereocenters. The van der Waals surface area contributed by atoms with Gasteiger partial charge in [-0.25, -0.2) is 9.67 Å².